The minimum atomic E-state index is -1.12. The van der Waals surface area contributed by atoms with E-state index in [1.807, 2.05) is 12.3 Å². The molecule has 0 aliphatic heterocycles. The second kappa shape index (κ2) is 6.55. The van der Waals surface area contributed by atoms with Gasteiger partial charge in [-0.25, -0.2) is 14.6 Å². The van der Waals surface area contributed by atoms with Crippen molar-refractivity contribution < 1.29 is 14.7 Å². The lowest BCUT2D eigenvalue weighted by molar-refractivity contribution is 0.0697. The molecule has 2 amide bonds. The van der Waals surface area contributed by atoms with E-state index < -0.39 is 12.0 Å². The molecule has 1 aromatic heterocycles. The van der Waals surface area contributed by atoms with Crippen LogP contribution in [0.3, 0.4) is 0 Å². The molecule has 0 bridgehead atoms. The minimum Gasteiger partial charge on any atom is -0.478 e. The fourth-order valence-corrected chi connectivity index (χ4v) is 2.55. The molecule has 110 valence electrons. The van der Waals surface area contributed by atoms with Crippen LogP contribution in [0.2, 0.25) is 5.02 Å². The van der Waals surface area contributed by atoms with E-state index in [9.17, 15) is 9.59 Å². The number of urea groups is 1. The van der Waals surface area contributed by atoms with Gasteiger partial charge in [-0.15, -0.1) is 11.3 Å². The second-order valence-electron chi connectivity index (χ2n) is 4.19. The Hall–Kier alpha value is -2.12. The lowest BCUT2D eigenvalue weighted by Crippen LogP contribution is -2.28. The van der Waals surface area contributed by atoms with E-state index in [1.54, 1.807) is 0 Å². The van der Waals surface area contributed by atoms with E-state index in [4.69, 9.17) is 16.7 Å². The molecule has 0 atom stereocenters. The number of hydrogen-bond donors (Lipinski definition) is 3. The SMILES string of the molecule is Cc1csc(CNC(=O)Nc2ccc(C(=O)O)c(Cl)c2)n1. The van der Waals surface area contributed by atoms with Crippen molar-refractivity contribution in [3.63, 3.8) is 0 Å². The number of benzene rings is 1. The number of anilines is 1. The predicted octanol–water partition coefficient (Wildman–Crippen LogP) is 3.12. The summed E-state index contributed by atoms with van der Waals surface area (Å²) >= 11 is 7.29. The summed E-state index contributed by atoms with van der Waals surface area (Å²) in [6.07, 6.45) is 0. The van der Waals surface area contributed by atoms with Crippen molar-refractivity contribution >= 4 is 40.6 Å². The number of carbonyl (C=O) groups is 2. The van der Waals surface area contributed by atoms with Gasteiger partial charge in [0.05, 0.1) is 17.1 Å². The van der Waals surface area contributed by atoms with Crippen molar-refractivity contribution in [2.24, 2.45) is 0 Å². The molecule has 0 fully saturated rings. The van der Waals surface area contributed by atoms with Crippen LogP contribution >= 0.6 is 22.9 Å². The number of thiazole rings is 1. The molecule has 6 nitrogen and oxygen atoms in total. The fourth-order valence-electron chi connectivity index (χ4n) is 1.58. The zero-order chi connectivity index (χ0) is 15.4. The van der Waals surface area contributed by atoms with Gasteiger partial charge < -0.3 is 15.7 Å². The third-order valence-electron chi connectivity index (χ3n) is 2.52. The first-order valence-corrected chi connectivity index (χ1v) is 7.20. The number of nitrogens with zero attached hydrogens (tertiary/aromatic N) is 1. The summed E-state index contributed by atoms with van der Waals surface area (Å²) in [6, 6.07) is 3.78. The van der Waals surface area contributed by atoms with Gasteiger partial charge in [-0.2, -0.15) is 0 Å². The maximum Gasteiger partial charge on any atom is 0.337 e. The maximum atomic E-state index is 11.7. The standard InChI is InChI=1S/C13H12ClN3O3S/c1-7-6-21-11(16-7)5-15-13(20)17-8-2-3-9(12(18)19)10(14)4-8/h2-4,6H,5H2,1H3,(H,18,19)(H2,15,17,20). The number of carboxylic acids is 1. The van der Waals surface area contributed by atoms with Gasteiger partial charge in [0.15, 0.2) is 0 Å². The molecular weight excluding hydrogens is 314 g/mol. The quantitative estimate of drug-likeness (QED) is 0.805. The summed E-state index contributed by atoms with van der Waals surface area (Å²) in [5.41, 5.74) is 1.31. The largest absolute Gasteiger partial charge is 0.478 e. The molecule has 0 spiro atoms. The van der Waals surface area contributed by atoms with Gasteiger partial charge in [0.25, 0.3) is 0 Å². The normalized spacial score (nSPS) is 10.2. The first-order valence-electron chi connectivity index (χ1n) is 5.94. The zero-order valence-electron chi connectivity index (χ0n) is 11.0. The van der Waals surface area contributed by atoms with E-state index in [2.05, 4.69) is 15.6 Å². The number of rotatable bonds is 4. The highest BCUT2D eigenvalue weighted by molar-refractivity contribution is 7.09. The van der Waals surface area contributed by atoms with E-state index in [0.717, 1.165) is 10.7 Å². The van der Waals surface area contributed by atoms with Gasteiger partial charge in [0, 0.05) is 16.8 Å². The molecular formula is C13H12ClN3O3S. The highest BCUT2D eigenvalue weighted by Gasteiger charge is 2.10. The molecule has 0 aliphatic carbocycles. The Morgan fingerprint density at radius 3 is 2.76 bits per heavy atom. The Morgan fingerprint density at radius 2 is 2.19 bits per heavy atom. The van der Waals surface area contributed by atoms with Crippen LogP contribution in [0.1, 0.15) is 21.1 Å². The van der Waals surface area contributed by atoms with Gasteiger partial charge in [0.2, 0.25) is 0 Å². The third kappa shape index (κ3) is 4.17. The third-order valence-corrected chi connectivity index (χ3v) is 3.80. The average Bonchev–Trinajstić information content (AvgIpc) is 2.82. The minimum absolute atomic E-state index is 0.0131. The van der Waals surface area contributed by atoms with Crippen LogP contribution in [0.15, 0.2) is 23.6 Å². The Kier molecular flexibility index (Phi) is 4.77. The molecule has 21 heavy (non-hydrogen) atoms. The van der Waals surface area contributed by atoms with Crippen LogP contribution in [0.25, 0.3) is 0 Å². The molecule has 1 aromatic carbocycles. The summed E-state index contributed by atoms with van der Waals surface area (Å²) in [4.78, 5) is 26.8. The topological polar surface area (TPSA) is 91.3 Å². The van der Waals surface area contributed by atoms with E-state index in [0.29, 0.717) is 12.2 Å². The Morgan fingerprint density at radius 1 is 1.43 bits per heavy atom. The first-order chi connectivity index (χ1) is 9.95. The van der Waals surface area contributed by atoms with Crippen LogP contribution in [-0.2, 0) is 6.54 Å². The number of aromatic carboxylic acids is 1. The fraction of sp³-hybridized carbons (Fsp3) is 0.154. The predicted molar refractivity (Wildman–Crippen MR) is 81.1 cm³/mol. The van der Waals surface area contributed by atoms with Gasteiger partial charge in [-0.05, 0) is 25.1 Å². The van der Waals surface area contributed by atoms with E-state index >= 15 is 0 Å². The van der Waals surface area contributed by atoms with Crippen LogP contribution in [0.4, 0.5) is 10.5 Å². The molecule has 2 rings (SSSR count). The van der Waals surface area contributed by atoms with Crippen molar-refractivity contribution in [2.75, 3.05) is 5.32 Å². The molecule has 2 aromatic rings. The van der Waals surface area contributed by atoms with Gasteiger partial charge in [-0.3, -0.25) is 0 Å². The van der Waals surface area contributed by atoms with Gasteiger partial charge in [0.1, 0.15) is 5.01 Å². The van der Waals surface area contributed by atoms with E-state index in [1.165, 1.54) is 29.5 Å². The van der Waals surface area contributed by atoms with E-state index in [-0.39, 0.29) is 10.6 Å². The number of amides is 2. The number of aromatic nitrogens is 1. The summed E-state index contributed by atoms with van der Waals surface area (Å²) in [5.74, 6) is -1.12. The number of carboxylic acid groups (broad SMARTS) is 1. The molecule has 0 aliphatic rings. The summed E-state index contributed by atoms with van der Waals surface area (Å²) in [7, 11) is 0. The number of nitrogens with one attached hydrogen (secondary N) is 2. The van der Waals surface area contributed by atoms with Crippen molar-refractivity contribution in [3.8, 4) is 0 Å². The van der Waals surface area contributed by atoms with Gasteiger partial charge in [-0.1, -0.05) is 11.6 Å². The zero-order valence-corrected chi connectivity index (χ0v) is 12.6. The van der Waals surface area contributed by atoms with Crippen molar-refractivity contribution in [2.45, 2.75) is 13.5 Å². The second-order valence-corrected chi connectivity index (χ2v) is 5.54. The summed E-state index contributed by atoms with van der Waals surface area (Å²) in [5, 5.41) is 16.9. The van der Waals surface area contributed by atoms with Crippen LogP contribution in [0.5, 0.6) is 0 Å². The monoisotopic (exact) mass is 325 g/mol. The molecule has 0 saturated carbocycles. The Bertz CT molecular complexity index is 687. The van der Waals surface area contributed by atoms with Crippen molar-refractivity contribution in [1.29, 1.82) is 0 Å². The smallest absolute Gasteiger partial charge is 0.337 e. The number of halogens is 1. The first kappa shape index (κ1) is 15.3. The number of carbonyl (C=O) groups excluding carboxylic acids is 1. The molecule has 0 radical (unpaired) electrons. The summed E-state index contributed by atoms with van der Waals surface area (Å²) < 4.78 is 0. The number of aryl methyl sites for hydroxylation is 1. The molecule has 0 saturated heterocycles. The Labute approximate surface area is 129 Å². The lowest BCUT2D eigenvalue weighted by Gasteiger charge is -2.07. The highest BCUT2D eigenvalue weighted by atomic mass is 35.5. The molecule has 8 heteroatoms. The van der Waals surface area contributed by atoms with Crippen LogP contribution in [0, 0.1) is 6.92 Å². The molecule has 3 N–H and O–H groups in total. The highest BCUT2D eigenvalue weighted by Crippen LogP contribution is 2.21. The van der Waals surface area contributed by atoms with Gasteiger partial charge >= 0.3 is 12.0 Å². The van der Waals surface area contributed by atoms with Crippen molar-refractivity contribution in [3.05, 3.63) is 44.9 Å². The molecule has 1 heterocycles. The Balaban J connectivity index is 1.93. The van der Waals surface area contributed by atoms with Crippen LogP contribution in [-0.4, -0.2) is 22.1 Å². The summed E-state index contributed by atoms with van der Waals surface area (Å²) in [6.45, 7) is 2.21. The lowest BCUT2D eigenvalue weighted by atomic mass is 10.2. The van der Waals surface area contributed by atoms with Crippen LogP contribution < -0.4 is 10.6 Å². The maximum absolute atomic E-state index is 11.7. The van der Waals surface area contributed by atoms with Crippen molar-refractivity contribution in [1.82, 2.24) is 10.3 Å². The number of hydrogen-bond acceptors (Lipinski definition) is 4. The average molecular weight is 326 g/mol. The molecule has 0 unspecified atom stereocenters.